The lowest BCUT2D eigenvalue weighted by Gasteiger charge is -2.25. The third-order valence-corrected chi connectivity index (χ3v) is 5.60. The van der Waals surface area contributed by atoms with E-state index in [9.17, 15) is 27.6 Å². The molecule has 10 heteroatoms. The van der Waals surface area contributed by atoms with E-state index >= 15 is 0 Å². The molecule has 5 amide bonds. The van der Waals surface area contributed by atoms with Gasteiger partial charge in [-0.3, -0.25) is 19.3 Å². The van der Waals surface area contributed by atoms with E-state index in [4.69, 9.17) is 0 Å². The third kappa shape index (κ3) is 2.96. The van der Waals surface area contributed by atoms with Gasteiger partial charge in [-0.15, -0.1) is 0 Å². The van der Waals surface area contributed by atoms with E-state index in [2.05, 4.69) is 5.32 Å². The lowest BCUT2D eigenvalue weighted by Crippen LogP contribution is -2.51. The van der Waals surface area contributed by atoms with Crippen LogP contribution in [0, 0.1) is 0 Å². The molecular formula is C12H17N3O6S. The number of carbonyl (C=O) groups excluding carboxylic acids is 4. The molecule has 0 radical (unpaired) electrons. The molecule has 0 aliphatic carbocycles. The zero-order chi connectivity index (χ0) is 16.7. The standard InChI is InChI=1S/C12H17N3O6S/c1-3-14-9(17)10(18)15(11(14)19)6-8(16)13-12(2)4-5-22(20,21)7-12/h3-7H2,1-2H3,(H,13,16)/t12-/m0/s1. The summed E-state index contributed by atoms with van der Waals surface area (Å²) in [5, 5.41) is 2.53. The fourth-order valence-electron chi connectivity index (χ4n) is 2.60. The first-order chi connectivity index (χ1) is 10.1. The number of amides is 5. The summed E-state index contributed by atoms with van der Waals surface area (Å²) in [6, 6.07) is -0.836. The van der Waals surface area contributed by atoms with E-state index in [0.717, 1.165) is 4.90 Å². The summed E-state index contributed by atoms with van der Waals surface area (Å²) in [7, 11) is -3.19. The summed E-state index contributed by atoms with van der Waals surface area (Å²) in [6.07, 6.45) is 0.267. The molecule has 1 atom stereocenters. The predicted molar refractivity (Wildman–Crippen MR) is 74.3 cm³/mol. The van der Waals surface area contributed by atoms with Crippen molar-refractivity contribution in [1.29, 1.82) is 0 Å². The molecule has 122 valence electrons. The summed E-state index contributed by atoms with van der Waals surface area (Å²) in [5.74, 6) is -2.89. The Balaban J connectivity index is 2.03. The number of likely N-dealkylation sites (N-methyl/N-ethyl adjacent to an activating group) is 1. The molecule has 0 spiro atoms. The van der Waals surface area contributed by atoms with Gasteiger partial charge in [-0.2, -0.15) is 0 Å². The molecular weight excluding hydrogens is 314 g/mol. The number of carbonyl (C=O) groups is 4. The minimum absolute atomic E-state index is 0.0204. The van der Waals surface area contributed by atoms with E-state index in [-0.39, 0.29) is 24.5 Å². The first kappa shape index (κ1) is 16.4. The van der Waals surface area contributed by atoms with Crippen LogP contribution in [0.2, 0.25) is 0 Å². The molecule has 1 N–H and O–H groups in total. The number of nitrogens with one attached hydrogen (secondary N) is 1. The molecule has 2 aliphatic heterocycles. The number of rotatable bonds is 4. The Labute approximate surface area is 127 Å². The minimum Gasteiger partial charge on any atom is -0.348 e. The first-order valence-electron chi connectivity index (χ1n) is 6.77. The molecule has 0 bridgehead atoms. The second-order valence-corrected chi connectivity index (χ2v) is 7.86. The average Bonchev–Trinajstić information content (AvgIpc) is 2.78. The number of hydrogen-bond acceptors (Lipinski definition) is 6. The van der Waals surface area contributed by atoms with Gasteiger partial charge in [0.15, 0.2) is 9.84 Å². The van der Waals surface area contributed by atoms with Crippen LogP contribution in [0.15, 0.2) is 0 Å². The molecule has 0 unspecified atom stereocenters. The van der Waals surface area contributed by atoms with Gasteiger partial charge in [-0.05, 0) is 20.3 Å². The fourth-order valence-corrected chi connectivity index (χ4v) is 4.69. The SMILES string of the molecule is CCN1C(=O)C(=O)N(CC(=O)N[C@@]2(C)CCS(=O)(=O)C2)C1=O. The van der Waals surface area contributed by atoms with E-state index in [1.807, 2.05) is 0 Å². The van der Waals surface area contributed by atoms with Gasteiger partial charge in [0.25, 0.3) is 0 Å². The molecule has 2 fully saturated rings. The van der Waals surface area contributed by atoms with Crippen LogP contribution in [-0.4, -0.2) is 72.1 Å². The van der Waals surface area contributed by atoms with E-state index < -0.39 is 45.7 Å². The highest BCUT2D eigenvalue weighted by molar-refractivity contribution is 7.91. The van der Waals surface area contributed by atoms with Gasteiger partial charge in [-0.25, -0.2) is 18.1 Å². The smallest absolute Gasteiger partial charge is 0.334 e. The van der Waals surface area contributed by atoms with Crippen molar-refractivity contribution < 1.29 is 27.6 Å². The maximum absolute atomic E-state index is 12.0. The Hall–Kier alpha value is -1.97. The van der Waals surface area contributed by atoms with Crippen LogP contribution in [0.3, 0.4) is 0 Å². The van der Waals surface area contributed by atoms with Gasteiger partial charge in [-0.1, -0.05) is 0 Å². The Bertz CT molecular complexity index is 658. The van der Waals surface area contributed by atoms with Crippen LogP contribution in [0.1, 0.15) is 20.3 Å². The molecule has 2 aliphatic rings. The Morgan fingerprint density at radius 1 is 1.23 bits per heavy atom. The molecule has 2 heterocycles. The van der Waals surface area contributed by atoms with Crippen molar-refractivity contribution in [2.75, 3.05) is 24.6 Å². The van der Waals surface area contributed by atoms with Gasteiger partial charge < -0.3 is 5.32 Å². The Morgan fingerprint density at radius 2 is 1.82 bits per heavy atom. The van der Waals surface area contributed by atoms with Gasteiger partial charge in [0.2, 0.25) is 5.91 Å². The van der Waals surface area contributed by atoms with Gasteiger partial charge in [0.1, 0.15) is 6.54 Å². The average molecular weight is 331 g/mol. The van der Waals surface area contributed by atoms with E-state index in [1.165, 1.54) is 6.92 Å². The lowest BCUT2D eigenvalue weighted by molar-refractivity contribution is -0.144. The van der Waals surface area contributed by atoms with Crippen molar-refractivity contribution in [3.05, 3.63) is 0 Å². The van der Waals surface area contributed by atoms with Gasteiger partial charge in [0.05, 0.1) is 17.0 Å². The van der Waals surface area contributed by atoms with Crippen LogP contribution >= 0.6 is 0 Å². The number of hydrogen-bond donors (Lipinski definition) is 1. The summed E-state index contributed by atoms with van der Waals surface area (Å²) in [4.78, 5) is 48.4. The summed E-state index contributed by atoms with van der Waals surface area (Å²) in [5.41, 5.74) is -0.920. The monoisotopic (exact) mass is 331 g/mol. The Kier molecular flexibility index (Phi) is 3.98. The molecule has 9 nitrogen and oxygen atoms in total. The highest BCUT2D eigenvalue weighted by Crippen LogP contribution is 2.22. The molecule has 0 aromatic rings. The van der Waals surface area contributed by atoms with Crippen molar-refractivity contribution in [3.8, 4) is 0 Å². The van der Waals surface area contributed by atoms with Crippen LogP contribution in [0.25, 0.3) is 0 Å². The zero-order valence-electron chi connectivity index (χ0n) is 12.3. The largest absolute Gasteiger partial charge is 0.348 e. The van der Waals surface area contributed by atoms with Crippen molar-refractivity contribution in [2.45, 2.75) is 25.8 Å². The molecule has 2 saturated heterocycles. The lowest BCUT2D eigenvalue weighted by atomic mass is 10.0. The minimum atomic E-state index is -3.19. The normalized spacial score (nSPS) is 27.6. The maximum atomic E-state index is 12.0. The topological polar surface area (TPSA) is 121 Å². The van der Waals surface area contributed by atoms with Crippen molar-refractivity contribution in [3.63, 3.8) is 0 Å². The second-order valence-electron chi connectivity index (χ2n) is 5.67. The van der Waals surface area contributed by atoms with Crippen LogP contribution < -0.4 is 5.32 Å². The molecule has 22 heavy (non-hydrogen) atoms. The van der Waals surface area contributed by atoms with E-state index in [1.54, 1.807) is 6.92 Å². The number of urea groups is 1. The summed E-state index contributed by atoms with van der Waals surface area (Å²) < 4.78 is 23.0. The van der Waals surface area contributed by atoms with Crippen LogP contribution in [0.5, 0.6) is 0 Å². The second kappa shape index (κ2) is 5.34. The van der Waals surface area contributed by atoms with Gasteiger partial charge >= 0.3 is 17.8 Å². The van der Waals surface area contributed by atoms with E-state index in [0.29, 0.717) is 4.90 Å². The van der Waals surface area contributed by atoms with Gasteiger partial charge in [0, 0.05) is 6.54 Å². The molecule has 0 aromatic carbocycles. The number of imide groups is 2. The van der Waals surface area contributed by atoms with Crippen molar-refractivity contribution in [2.24, 2.45) is 0 Å². The molecule has 0 saturated carbocycles. The van der Waals surface area contributed by atoms with Crippen molar-refractivity contribution in [1.82, 2.24) is 15.1 Å². The fraction of sp³-hybridized carbons (Fsp3) is 0.667. The first-order valence-corrected chi connectivity index (χ1v) is 8.59. The van der Waals surface area contributed by atoms with Crippen LogP contribution in [-0.2, 0) is 24.2 Å². The Morgan fingerprint density at radius 3 is 2.27 bits per heavy atom. The molecule has 2 rings (SSSR count). The number of nitrogens with zero attached hydrogens (tertiary/aromatic N) is 2. The highest BCUT2D eigenvalue weighted by atomic mass is 32.2. The van der Waals surface area contributed by atoms with Crippen molar-refractivity contribution >= 4 is 33.6 Å². The molecule has 0 aromatic heterocycles. The zero-order valence-corrected chi connectivity index (χ0v) is 13.1. The quantitative estimate of drug-likeness (QED) is 0.494. The maximum Gasteiger partial charge on any atom is 0.334 e. The highest BCUT2D eigenvalue weighted by Gasteiger charge is 2.45. The van der Waals surface area contributed by atoms with Crippen LogP contribution in [0.4, 0.5) is 4.79 Å². The summed E-state index contributed by atoms with van der Waals surface area (Å²) >= 11 is 0. The third-order valence-electron chi connectivity index (χ3n) is 3.70. The summed E-state index contributed by atoms with van der Waals surface area (Å²) in [6.45, 7) is 2.57. The number of sulfone groups is 1. The predicted octanol–water partition coefficient (Wildman–Crippen LogP) is -1.51.